The Morgan fingerprint density at radius 1 is 0.857 bits per heavy atom. The van der Waals surface area contributed by atoms with Crippen LogP contribution < -0.4 is 0 Å². The lowest BCUT2D eigenvalue weighted by molar-refractivity contribution is 0.132. The van der Waals surface area contributed by atoms with E-state index in [0.717, 1.165) is 25.7 Å². The molecule has 2 nitrogen and oxygen atoms in total. The SMILES string of the molecule is CCCCCCCCCC(O)C#CC(O)C1CCCCC1. The van der Waals surface area contributed by atoms with Gasteiger partial charge in [-0.1, -0.05) is 76.6 Å². The maximum atomic E-state index is 10.0. The summed E-state index contributed by atoms with van der Waals surface area (Å²) in [5.74, 6) is 6.05. The van der Waals surface area contributed by atoms with E-state index < -0.39 is 12.2 Å². The van der Waals surface area contributed by atoms with Gasteiger partial charge in [0.15, 0.2) is 0 Å². The van der Waals surface area contributed by atoms with E-state index in [1.165, 1.54) is 57.8 Å². The lowest BCUT2D eigenvalue weighted by atomic mass is 9.85. The van der Waals surface area contributed by atoms with Crippen LogP contribution in [0.25, 0.3) is 0 Å². The predicted molar refractivity (Wildman–Crippen MR) is 89.0 cm³/mol. The molecule has 2 N–H and O–H groups in total. The van der Waals surface area contributed by atoms with Crippen LogP contribution in [0.3, 0.4) is 0 Å². The molecule has 1 saturated carbocycles. The van der Waals surface area contributed by atoms with E-state index in [9.17, 15) is 10.2 Å². The maximum absolute atomic E-state index is 10.0. The van der Waals surface area contributed by atoms with Crippen LogP contribution in [0.4, 0.5) is 0 Å². The summed E-state index contributed by atoms with van der Waals surface area (Å²) in [4.78, 5) is 0. The Hall–Kier alpha value is -0.520. The molecule has 2 heteroatoms. The molecule has 21 heavy (non-hydrogen) atoms. The average Bonchev–Trinajstić information content (AvgIpc) is 2.52. The molecule has 1 rings (SSSR count). The van der Waals surface area contributed by atoms with E-state index in [-0.39, 0.29) is 0 Å². The second-order valence-electron chi connectivity index (χ2n) is 6.56. The summed E-state index contributed by atoms with van der Waals surface area (Å²) in [5, 5.41) is 19.9. The molecule has 2 unspecified atom stereocenters. The predicted octanol–water partition coefficient (Wildman–Crippen LogP) is 4.43. The fourth-order valence-electron chi connectivity index (χ4n) is 3.12. The summed E-state index contributed by atoms with van der Waals surface area (Å²) in [7, 11) is 0. The normalized spacial score (nSPS) is 18.8. The van der Waals surface area contributed by atoms with Gasteiger partial charge in [-0.3, -0.25) is 0 Å². The van der Waals surface area contributed by atoms with Crippen LogP contribution in [-0.2, 0) is 0 Å². The van der Waals surface area contributed by atoms with Gasteiger partial charge in [0.2, 0.25) is 0 Å². The molecule has 0 saturated heterocycles. The first-order chi connectivity index (χ1) is 10.2. The van der Waals surface area contributed by atoms with Crippen LogP contribution in [0, 0.1) is 17.8 Å². The highest BCUT2D eigenvalue weighted by molar-refractivity contribution is 5.10. The summed E-state index contributed by atoms with van der Waals surface area (Å²) in [6.45, 7) is 2.23. The number of hydrogen-bond donors (Lipinski definition) is 2. The first-order valence-electron chi connectivity index (χ1n) is 9.11. The van der Waals surface area contributed by atoms with E-state index in [1.807, 2.05) is 0 Å². The molecule has 1 aliphatic rings. The Bertz CT molecular complexity index is 296. The van der Waals surface area contributed by atoms with Gasteiger partial charge in [0.1, 0.15) is 12.2 Å². The Morgan fingerprint density at radius 3 is 2.14 bits per heavy atom. The molecule has 1 fully saturated rings. The smallest absolute Gasteiger partial charge is 0.117 e. The maximum Gasteiger partial charge on any atom is 0.117 e. The van der Waals surface area contributed by atoms with Gasteiger partial charge in [0.05, 0.1) is 0 Å². The van der Waals surface area contributed by atoms with Gasteiger partial charge in [-0.05, 0) is 31.6 Å². The van der Waals surface area contributed by atoms with Crippen molar-refractivity contribution in [2.45, 2.75) is 103 Å². The molecule has 0 bridgehead atoms. The van der Waals surface area contributed by atoms with Crippen molar-refractivity contribution in [1.82, 2.24) is 0 Å². The number of aliphatic hydroxyl groups is 2. The van der Waals surface area contributed by atoms with E-state index in [2.05, 4.69) is 18.8 Å². The molecule has 0 aromatic carbocycles. The van der Waals surface area contributed by atoms with E-state index in [4.69, 9.17) is 0 Å². The van der Waals surface area contributed by atoms with Gasteiger partial charge < -0.3 is 10.2 Å². The number of rotatable bonds is 9. The molecular weight excluding hydrogens is 260 g/mol. The lowest BCUT2D eigenvalue weighted by Gasteiger charge is -2.23. The fourth-order valence-corrected chi connectivity index (χ4v) is 3.12. The zero-order valence-corrected chi connectivity index (χ0v) is 13.8. The summed E-state index contributed by atoms with van der Waals surface area (Å²) in [5.41, 5.74) is 0. The van der Waals surface area contributed by atoms with Crippen molar-refractivity contribution in [3.05, 3.63) is 0 Å². The lowest BCUT2D eigenvalue weighted by Crippen LogP contribution is -2.21. The third-order valence-corrected chi connectivity index (χ3v) is 4.58. The van der Waals surface area contributed by atoms with Crippen LogP contribution >= 0.6 is 0 Å². The third kappa shape index (κ3) is 9.17. The molecule has 0 radical (unpaired) electrons. The number of hydrogen-bond acceptors (Lipinski definition) is 2. The Kier molecular flexibility index (Phi) is 10.6. The van der Waals surface area contributed by atoms with Crippen molar-refractivity contribution in [3.63, 3.8) is 0 Å². The molecule has 0 spiro atoms. The third-order valence-electron chi connectivity index (χ3n) is 4.58. The minimum Gasteiger partial charge on any atom is -0.380 e. The summed E-state index contributed by atoms with van der Waals surface area (Å²) < 4.78 is 0. The van der Waals surface area contributed by atoms with Gasteiger partial charge in [0, 0.05) is 0 Å². The van der Waals surface area contributed by atoms with E-state index in [1.54, 1.807) is 0 Å². The zero-order chi connectivity index (χ0) is 15.3. The quantitative estimate of drug-likeness (QED) is 0.488. The number of aliphatic hydroxyl groups excluding tert-OH is 2. The Labute approximate surface area is 131 Å². The van der Waals surface area contributed by atoms with Crippen molar-refractivity contribution < 1.29 is 10.2 Å². The first-order valence-corrected chi connectivity index (χ1v) is 9.11. The topological polar surface area (TPSA) is 40.5 Å². The summed E-state index contributed by atoms with van der Waals surface area (Å²) in [6, 6.07) is 0. The molecular formula is C19H34O2. The van der Waals surface area contributed by atoms with E-state index >= 15 is 0 Å². The van der Waals surface area contributed by atoms with Crippen LogP contribution in [0.2, 0.25) is 0 Å². The van der Waals surface area contributed by atoms with Crippen LogP contribution in [0.5, 0.6) is 0 Å². The minimum atomic E-state index is -0.557. The zero-order valence-electron chi connectivity index (χ0n) is 13.8. The van der Waals surface area contributed by atoms with Crippen LogP contribution in [0.15, 0.2) is 0 Å². The van der Waals surface area contributed by atoms with Gasteiger partial charge >= 0.3 is 0 Å². The largest absolute Gasteiger partial charge is 0.380 e. The highest BCUT2D eigenvalue weighted by atomic mass is 16.3. The molecule has 0 aliphatic heterocycles. The molecule has 2 atom stereocenters. The molecule has 1 aliphatic carbocycles. The molecule has 122 valence electrons. The van der Waals surface area contributed by atoms with Gasteiger partial charge in [-0.2, -0.15) is 0 Å². The van der Waals surface area contributed by atoms with Gasteiger partial charge in [0.25, 0.3) is 0 Å². The average molecular weight is 294 g/mol. The van der Waals surface area contributed by atoms with Gasteiger partial charge in [-0.15, -0.1) is 0 Å². The fraction of sp³-hybridized carbons (Fsp3) is 0.895. The monoisotopic (exact) mass is 294 g/mol. The van der Waals surface area contributed by atoms with Crippen molar-refractivity contribution in [3.8, 4) is 11.8 Å². The highest BCUT2D eigenvalue weighted by Gasteiger charge is 2.19. The van der Waals surface area contributed by atoms with Gasteiger partial charge in [-0.25, -0.2) is 0 Å². The second kappa shape index (κ2) is 12.1. The highest BCUT2D eigenvalue weighted by Crippen LogP contribution is 2.26. The molecule has 0 aromatic rings. The summed E-state index contributed by atoms with van der Waals surface area (Å²) >= 11 is 0. The van der Waals surface area contributed by atoms with Crippen molar-refractivity contribution in [2.24, 2.45) is 5.92 Å². The number of unbranched alkanes of at least 4 members (excludes halogenated alkanes) is 6. The van der Waals surface area contributed by atoms with Crippen molar-refractivity contribution >= 4 is 0 Å². The molecule has 0 heterocycles. The first kappa shape index (κ1) is 18.5. The molecule has 0 amide bonds. The van der Waals surface area contributed by atoms with Crippen LogP contribution in [-0.4, -0.2) is 22.4 Å². The Balaban J connectivity index is 2.07. The second-order valence-corrected chi connectivity index (χ2v) is 6.56. The standard InChI is InChI=1S/C19H34O2/c1-2-3-4-5-6-7-11-14-18(20)15-16-19(21)17-12-9-8-10-13-17/h17-21H,2-14H2,1H3. The van der Waals surface area contributed by atoms with E-state index in [0.29, 0.717) is 5.92 Å². The van der Waals surface area contributed by atoms with Crippen molar-refractivity contribution in [2.75, 3.05) is 0 Å². The molecule has 0 aromatic heterocycles. The van der Waals surface area contributed by atoms with Crippen LogP contribution in [0.1, 0.15) is 90.4 Å². The Morgan fingerprint density at radius 2 is 1.48 bits per heavy atom. The minimum absolute atomic E-state index is 0.331. The summed E-state index contributed by atoms with van der Waals surface area (Å²) in [6.07, 6.45) is 14.3. The van der Waals surface area contributed by atoms with Crippen molar-refractivity contribution in [1.29, 1.82) is 0 Å².